The molecule has 0 saturated heterocycles. The fourth-order valence-electron chi connectivity index (χ4n) is 5.13. The van der Waals surface area contributed by atoms with Crippen molar-refractivity contribution in [2.75, 3.05) is 16.3 Å². The second-order valence-corrected chi connectivity index (χ2v) is 8.27. The quantitative estimate of drug-likeness (QED) is 0.532. The van der Waals surface area contributed by atoms with E-state index in [1.54, 1.807) is 4.90 Å². The standard InChI is InChI=1S/C28H23N3O/c1-2-30-24-14-8-6-12-21(24)23-18-19(16-17-25(23)30)29-27-22-13-7-9-15-26(22)31(28(27)32)20-10-4-3-5-11-20/h3-18,21,24H,2H2,1H3. The van der Waals surface area contributed by atoms with Gasteiger partial charge in [-0.3, -0.25) is 9.69 Å². The first-order valence-corrected chi connectivity index (χ1v) is 11.1. The van der Waals surface area contributed by atoms with Gasteiger partial charge in [-0.05, 0) is 48.9 Å². The molecule has 0 aromatic heterocycles. The Bertz CT molecular complexity index is 1310. The topological polar surface area (TPSA) is 35.9 Å². The molecule has 0 bridgehead atoms. The highest BCUT2D eigenvalue weighted by molar-refractivity contribution is 6.56. The van der Waals surface area contributed by atoms with Gasteiger partial charge in [-0.2, -0.15) is 0 Å². The predicted molar refractivity (Wildman–Crippen MR) is 130 cm³/mol. The van der Waals surface area contributed by atoms with Gasteiger partial charge in [-0.15, -0.1) is 0 Å². The summed E-state index contributed by atoms with van der Waals surface area (Å²) in [6.45, 7) is 3.15. The first-order chi connectivity index (χ1) is 15.8. The Morgan fingerprint density at radius 3 is 2.50 bits per heavy atom. The Hall–Kier alpha value is -3.92. The molecule has 3 aromatic carbocycles. The highest BCUT2D eigenvalue weighted by atomic mass is 16.2. The normalized spacial score (nSPS) is 21.8. The van der Waals surface area contributed by atoms with Gasteiger partial charge in [0.05, 0.1) is 17.4 Å². The Morgan fingerprint density at radius 2 is 1.66 bits per heavy atom. The summed E-state index contributed by atoms with van der Waals surface area (Å²) in [7, 11) is 0. The van der Waals surface area contributed by atoms with E-state index < -0.39 is 0 Å². The van der Waals surface area contributed by atoms with Gasteiger partial charge >= 0.3 is 0 Å². The fraction of sp³-hybridized carbons (Fsp3) is 0.143. The van der Waals surface area contributed by atoms with Crippen molar-refractivity contribution in [1.29, 1.82) is 0 Å². The molecule has 32 heavy (non-hydrogen) atoms. The molecule has 1 amide bonds. The lowest BCUT2D eigenvalue weighted by molar-refractivity contribution is -0.111. The molecule has 156 valence electrons. The zero-order valence-corrected chi connectivity index (χ0v) is 17.8. The smallest absolute Gasteiger partial charge is 0.282 e. The molecule has 2 atom stereocenters. The fourth-order valence-corrected chi connectivity index (χ4v) is 5.13. The minimum absolute atomic E-state index is 0.0912. The van der Waals surface area contributed by atoms with Crippen molar-refractivity contribution in [2.24, 2.45) is 4.99 Å². The molecule has 4 nitrogen and oxygen atoms in total. The molecule has 4 heteroatoms. The van der Waals surface area contributed by atoms with E-state index in [0.717, 1.165) is 29.2 Å². The molecule has 2 aliphatic heterocycles. The van der Waals surface area contributed by atoms with Crippen LogP contribution in [0.3, 0.4) is 0 Å². The van der Waals surface area contributed by atoms with Crippen LogP contribution in [0.5, 0.6) is 0 Å². The second-order valence-electron chi connectivity index (χ2n) is 8.27. The molecule has 6 rings (SSSR count). The summed E-state index contributed by atoms with van der Waals surface area (Å²) in [6.07, 6.45) is 8.79. The van der Waals surface area contributed by atoms with Gasteiger partial charge in [0.2, 0.25) is 0 Å². The number of anilines is 3. The van der Waals surface area contributed by atoms with Crippen molar-refractivity contribution in [2.45, 2.75) is 18.9 Å². The number of nitrogens with zero attached hydrogens (tertiary/aromatic N) is 3. The number of likely N-dealkylation sites (N-methyl/N-ethyl adjacent to an activating group) is 1. The van der Waals surface area contributed by atoms with E-state index in [0.29, 0.717) is 17.7 Å². The number of allylic oxidation sites excluding steroid dienone is 2. The van der Waals surface area contributed by atoms with Crippen LogP contribution < -0.4 is 9.80 Å². The van der Waals surface area contributed by atoms with E-state index in [-0.39, 0.29) is 5.91 Å². The summed E-state index contributed by atoms with van der Waals surface area (Å²) < 4.78 is 0. The van der Waals surface area contributed by atoms with Crippen LogP contribution in [-0.2, 0) is 4.79 Å². The summed E-state index contributed by atoms with van der Waals surface area (Å²) in [5.41, 5.74) is 6.44. The van der Waals surface area contributed by atoms with Crippen LogP contribution in [0.2, 0.25) is 0 Å². The number of hydrogen-bond acceptors (Lipinski definition) is 3. The molecule has 3 aromatic rings. The third kappa shape index (κ3) is 2.76. The van der Waals surface area contributed by atoms with Crippen LogP contribution in [-0.4, -0.2) is 24.2 Å². The predicted octanol–water partition coefficient (Wildman–Crippen LogP) is 5.90. The van der Waals surface area contributed by atoms with Gasteiger partial charge in [-0.1, -0.05) is 60.7 Å². The van der Waals surface area contributed by atoms with Crippen molar-refractivity contribution in [3.63, 3.8) is 0 Å². The number of hydrogen-bond donors (Lipinski definition) is 0. The number of benzene rings is 3. The SMILES string of the molecule is CCN1c2ccc(N=C3C(=O)N(c4ccccc4)c4ccccc43)cc2C2C=CC=CC21. The lowest BCUT2D eigenvalue weighted by Gasteiger charge is -2.26. The maximum atomic E-state index is 13.5. The number of rotatable bonds is 3. The molecule has 2 heterocycles. The zero-order valence-electron chi connectivity index (χ0n) is 17.8. The van der Waals surface area contributed by atoms with Crippen molar-refractivity contribution in [3.8, 4) is 0 Å². The number of aliphatic imine (C=N–C) groups is 1. The van der Waals surface area contributed by atoms with Crippen LogP contribution in [0.15, 0.2) is 102 Å². The third-order valence-corrected chi connectivity index (χ3v) is 6.55. The molecule has 2 unspecified atom stereocenters. The Morgan fingerprint density at radius 1 is 0.875 bits per heavy atom. The van der Waals surface area contributed by atoms with Crippen molar-refractivity contribution in [1.82, 2.24) is 0 Å². The van der Waals surface area contributed by atoms with E-state index in [1.165, 1.54) is 11.3 Å². The highest BCUT2D eigenvalue weighted by Gasteiger charge is 2.37. The highest BCUT2D eigenvalue weighted by Crippen LogP contribution is 2.45. The maximum absolute atomic E-state index is 13.5. The molecule has 3 aliphatic rings. The number of fused-ring (bicyclic) bond motifs is 4. The zero-order chi connectivity index (χ0) is 21.7. The molecule has 0 radical (unpaired) electrons. The minimum Gasteiger partial charge on any atom is -0.364 e. The second kappa shape index (κ2) is 7.34. The number of para-hydroxylation sites is 2. The summed E-state index contributed by atoms with van der Waals surface area (Å²) in [4.78, 5) is 22.6. The van der Waals surface area contributed by atoms with Crippen molar-refractivity contribution < 1.29 is 4.79 Å². The first-order valence-electron chi connectivity index (χ1n) is 11.1. The monoisotopic (exact) mass is 417 g/mol. The lowest BCUT2D eigenvalue weighted by atomic mass is 9.91. The van der Waals surface area contributed by atoms with Crippen LogP contribution in [0.25, 0.3) is 0 Å². The Balaban J connectivity index is 1.44. The third-order valence-electron chi connectivity index (χ3n) is 6.55. The van der Waals surface area contributed by atoms with Gasteiger partial charge in [-0.25, -0.2) is 4.99 Å². The average molecular weight is 418 g/mol. The Labute approximate surface area is 187 Å². The average Bonchev–Trinajstić information content (AvgIpc) is 3.31. The molecule has 0 saturated carbocycles. The van der Waals surface area contributed by atoms with Gasteiger partial charge in [0.1, 0.15) is 5.71 Å². The van der Waals surface area contributed by atoms with Crippen molar-refractivity contribution >= 4 is 34.4 Å². The summed E-state index contributed by atoms with van der Waals surface area (Å²) in [5.74, 6) is 0.230. The largest absolute Gasteiger partial charge is 0.364 e. The summed E-state index contributed by atoms with van der Waals surface area (Å²) >= 11 is 0. The molecular weight excluding hydrogens is 394 g/mol. The summed E-state index contributed by atoms with van der Waals surface area (Å²) in [6, 6.07) is 24.3. The first kappa shape index (κ1) is 18.8. The van der Waals surface area contributed by atoms with Gasteiger partial charge in [0.15, 0.2) is 0 Å². The summed E-state index contributed by atoms with van der Waals surface area (Å²) in [5, 5.41) is 0. The van der Waals surface area contributed by atoms with E-state index >= 15 is 0 Å². The van der Waals surface area contributed by atoms with Crippen molar-refractivity contribution in [3.05, 3.63) is 108 Å². The maximum Gasteiger partial charge on any atom is 0.282 e. The van der Waals surface area contributed by atoms with E-state index in [1.807, 2.05) is 60.7 Å². The van der Waals surface area contributed by atoms with Crippen LogP contribution in [0, 0.1) is 0 Å². The number of carbonyl (C=O) groups excluding carboxylic acids is 1. The number of amides is 1. The van der Waals surface area contributed by atoms with Gasteiger partial charge < -0.3 is 4.90 Å². The lowest BCUT2D eigenvalue weighted by Crippen LogP contribution is -2.32. The molecule has 1 aliphatic carbocycles. The molecule has 0 N–H and O–H groups in total. The van der Waals surface area contributed by atoms with E-state index in [2.05, 4.69) is 48.3 Å². The molecule has 0 spiro atoms. The van der Waals surface area contributed by atoms with Gasteiger partial charge in [0.25, 0.3) is 5.91 Å². The molecule has 0 fully saturated rings. The van der Waals surface area contributed by atoms with Gasteiger partial charge in [0, 0.05) is 29.4 Å². The Kier molecular flexibility index (Phi) is 4.32. The minimum atomic E-state index is -0.0912. The van der Waals surface area contributed by atoms with Crippen LogP contribution in [0.1, 0.15) is 24.0 Å². The van der Waals surface area contributed by atoms with Crippen LogP contribution >= 0.6 is 0 Å². The van der Waals surface area contributed by atoms with E-state index in [4.69, 9.17) is 4.99 Å². The number of carbonyl (C=O) groups is 1. The van der Waals surface area contributed by atoms with Crippen LogP contribution in [0.4, 0.5) is 22.7 Å². The van der Waals surface area contributed by atoms with E-state index in [9.17, 15) is 4.79 Å². The molecular formula is C28H23N3O.